The van der Waals surface area contributed by atoms with Crippen molar-refractivity contribution in [3.05, 3.63) is 113 Å². The van der Waals surface area contributed by atoms with Crippen LogP contribution in [0.2, 0.25) is 0 Å². The Balaban J connectivity index is 1.36. The molecule has 0 saturated heterocycles. The summed E-state index contributed by atoms with van der Waals surface area (Å²) >= 11 is 0. The average molecular weight is 446 g/mol. The van der Waals surface area contributed by atoms with Crippen LogP contribution in [0.3, 0.4) is 0 Å². The molecule has 3 unspecified atom stereocenters. The molecule has 0 fully saturated rings. The largest absolute Gasteiger partial charge is 0.328 e. The number of hydrogen-bond donors (Lipinski definition) is 2. The highest BCUT2D eigenvalue weighted by Gasteiger charge is 2.61. The Morgan fingerprint density at radius 3 is 2.68 bits per heavy atom. The number of hydrogen-bond acceptors (Lipinski definition) is 4. The molecule has 0 saturated carbocycles. The number of aromatic amines is 1. The molecule has 2 bridgehead atoms. The van der Waals surface area contributed by atoms with Crippen molar-refractivity contribution in [2.75, 3.05) is 5.32 Å². The van der Waals surface area contributed by atoms with E-state index in [2.05, 4.69) is 38.5 Å². The van der Waals surface area contributed by atoms with Gasteiger partial charge in [0.25, 0.3) is 0 Å². The van der Waals surface area contributed by atoms with Crippen molar-refractivity contribution in [1.82, 2.24) is 15.0 Å². The van der Waals surface area contributed by atoms with Crippen LogP contribution in [0, 0.1) is 16.7 Å². The molecule has 2 N–H and O–H groups in total. The molecule has 2 heterocycles. The summed E-state index contributed by atoms with van der Waals surface area (Å²) in [5, 5.41) is 13.5. The molecule has 7 rings (SSSR count). The number of carbonyl (C=O) groups excluding carboxylic acids is 1. The van der Waals surface area contributed by atoms with Gasteiger partial charge in [-0.15, -0.1) is 0 Å². The van der Waals surface area contributed by atoms with Gasteiger partial charge in [0.15, 0.2) is 0 Å². The molecule has 6 nitrogen and oxygen atoms in total. The molecule has 0 aliphatic heterocycles. The minimum atomic E-state index is -0.963. The number of imidazole rings is 1. The van der Waals surface area contributed by atoms with Crippen LogP contribution in [0.1, 0.15) is 52.9 Å². The number of nitriles is 1. The van der Waals surface area contributed by atoms with Gasteiger partial charge < -0.3 is 4.98 Å². The Kier molecular flexibility index (Phi) is 4.43. The summed E-state index contributed by atoms with van der Waals surface area (Å²) in [6, 6.07) is 24.5. The summed E-state index contributed by atoms with van der Waals surface area (Å²) in [7, 11) is 0. The first-order chi connectivity index (χ1) is 16.5. The number of nitrogens with one attached hydrogen (secondary N) is 2. The topological polar surface area (TPSA) is 94.5 Å². The van der Waals surface area contributed by atoms with E-state index >= 15 is 0 Å². The fraction of sp³-hybridized carbons (Fsp3) is 0.214. The third-order valence-corrected chi connectivity index (χ3v) is 7.36. The number of carbonyl (C=O) groups is 1. The number of H-pyrrole nitrogens is 1. The van der Waals surface area contributed by atoms with Crippen molar-refractivity contribution in [2.24, 2.45) is 5.41 Å². The second kappa shape index (κ2) is 7.39. The molecule has 34 heavy (non-hydrogen) atoms. The van der Waals surface area contributed by atoms with Gasteiger partial charge in [0.1, 0.15) is 5.41 Å². The summed E-state index contributed by atoms with van der Waals surface area (Å²) in [4.78, 5) is 26.1. The van der Waals surface area contributed by atoms with Gasteiger partial charge >= 0.3 is 0 Å². The van der Waals surface area contributed by atoms with Gasteiger partial charge in [0, 0.05) is 24.2 Å². The highest BCUT2D eigenvalue weighted by atomic mass is 16.2. The smallest absolute Gasteiger partial charge is 0.233 e. The van der Waals surface area contributed by atoms with Crippen LogP contribution in [0.15, 0.2) is 79.1 Å². The predicted octanol–water partition coefficient (Wildman–Crippen LogP) is 4.70. The fourth-order valence-corrected chi connectivity index (χ4v) is 5.90. The van der Waals surface area contributed by atoms with Crippen molar-refractivity contribution in [3.8, 4) is 6.07 Å². The van der Waals surface area contributed by atoms with E-state index in [9.17, 15) is 10.1 Å². The van der Waals surface area contributed by atoms with Crippen LogP contribution >= 0.6 is 0 Å². The van der Waals surface area contributed by atoms with Crippen molar-refractivity contribution in [2.45, 2.75) is 31.1 Å². The summed E-state index contributed by atoms with van der Waals surface area (Å²) in [6.45, 7) is 1.96. The number of fused-ring (bicyclic) bond motifs is 1. The monoisotopic (exact) mass is 445 g/mol. The van der Waals surface area contributed by atoms with E-state index in [1.54, 1.807) is 12.4 Å². The lowest BCUT2D eigenvalue weighted by atomic mass is 9.48. The lowest BCUT2D eigenvalue weighted by Gasteiger charge is -2.53. The zero-order valence-corrected chi connectivity index (χ0v) is 18.7. The molecule has 3 aliphatic rings. The van der Waals surface area contributed by atoms with Gasteiger partial charge in [-0.05, 0) is 41.7 Å². The highest BCUT2D eigenvalue weighted by Crippen LogP contribution is 2.63. The summed E-state index contributed by atoms with van der Waals surface area (Å²) in [5.41, 5.74) is 4.00. The lowest BCUT2D eigenvalue weighted by Crippen LogP contribution is -2.54. The molecule has 0 spiro atoms. The fourth-order valence-electron chi connectivity index (χ4n) is 5.90. The zero-order valence-electron chi connectivity index (χ0n) is 18.7. The molecule has 2 aromatic carbocycles. The molecule has 4 aromatic rings. The van der Waals surface area contributed by atoms with Crippen LogP contribution in [-0.4, -0.2) is 20.9 Å². The van der Waals surface area contributed by atoms with Crippen molar-refractivity contribution in [1.29, 1.82) is 5.26 Å². The zero-order chi connectivity index (χ0) is 23.3. The molecule has 3 atom stereocenters. The molecule has 3 aliphatic carbocycles. The number of amides is 1. The predicted molar refractivity (Wildman–Crippen MR) is 128 cm³/mol. The van der Waals surface area contributed by atoms with Crippen LogP contribution in [0.5, 0.6) is 0 Å². The standard InChI is InChI=1S/C28H23N5O/c1-27(25(34)33-26-31-15-19(32-26)14-18-8-3-2-4-9-18)16-28(17-29)22-12-6-5-10-20(22)23(27)21-11-7-13-30-24(21)28/h2-13,15,23H,14,16H2,1H3,(H2,31,32,33,34). The molecule has 6 heteroatoms. The van der Waals surface area contributed by atoms with E-state index in [0.717, 1.165) is 33.6 Å². The van der Waals surface area contributed by atoms with Crippen LogP contribution < -0.4 is 5.32 Å². The number of anilines is 1. The summed E-state index contributed by atoms with van der Waals surface area (Å²) < 4.78 is 0. The van der Waals surface area contributed by atoms with E-state index in [0.29, 0.717) is 18.8 Å². The number of benzene rings is 2. The van der Waals surface area contributed by atoms with Gasteiger partial charge in [0.05, 0.1) is 23.4 Å². The minimum absolute atomic E-state index is 0.151. The normalized spacial score (nSPS) is 24.1. The van der Waals surface area contributed by atoms with Crippen LogP contribution in [-0.2, 0) is 16.6 Å². The van der Waals surface area contributed by atoms with E-state index in [1.165, 1.54) is 0 Å². The second-order valence-electron chi connectivity index (χ2n) is 9.45. The quantitative estimate of drug-likeness (QED) is 0.476. The Labute approximate surface area is 197 Å². The summed E-state index contributed by atoms with van der Waals surface area (Å²) in [5.74, 6) is 0.0763. The first-order valence-corrected chi connectivity index (χ1v) is 11.4. The van der Waals surface area contributed by atoms with Crippen molar-refractivity contribution < 1.29 is 4.79 Å². The molecule has 166 valence electrons. The van der Waals surface area contributed by atoms with Gasteiger partial charge in [0.2, 0.25) is 11.9 Å². The maximum Gasteiger partial charge on any atom is 0.233 e. The van der Waals surface area contributed by atoms with Crippen molar-refractivity contribution >= 4 is 11.9 Å². The van der Waals surface area contributed by atoms with Crippen LogP contribution in [0.4, 0.5) is 5.95 Å². The molecular weight excluding hydrogens is 422 g/mol. The molecular formula is C28H23N5O. The second-order valence-corrected chi connectivity index (χ2v) is 9.45. The van der Waals surface area contributed by atoms with E-state index in [-0.39, 0.29) is 11.8 Å². The molecule has 0 radical (unpaired) electrons. The van der Waals surface area contributed by atoms with E-state index in [1.807, 2.05) is 61.5 Å². The maximum atomic E-state index is 13.8. The minimum Gasteiger partial charge on any atom is -0.328 e. The van der Waals surface area contributed by atoms with Crippen LogP contribution in [0.25, 0.3) is 0 Å². The third-order valence-electron chi connectivity index (χ3n) is 7.36. The Morgan fingerprint density at radius 1 is 1.09 bits per heavy atom. The number of nitrogens with zero attached hydrogens (tertiary/aromatic N) is 3. The van der Waals surface area contributed by atoms with E-state index in [4.69, 9.17) is 0 Å². The first-order valence-electron chi connectivity index (χ1n) is 11.4. The SMILES string of the molecule is CC1(C(=O)Nc2ncc(Cc3ccccc3)[nH]2)CC2(C#N)c3ccccc3C1c1cccnc12. The van der Waals surface area contributed by atoms with Gasteiger partial charge in [-0.2, -0.15) is 5.26 Å². The Bertz CT molecular complexity index is 1400. The lowest BCUT2D eigenvalue weighted by molar-refractivity contribution is -0.127. The Hall–Kier alpha value is -4.24. The van der Waals surface area contributed by atoms with Gasteiger partial charge in [-0.1, -0.05) is 60.7 Å². The van der Waals surface area contributed by atoms with E-state index < -0.39 is 10.8 Å². The van der Waals surface area contributed by atoms with Gasteiger partial charge in [-0.3, -0.25) is 15.1 Å². The summed E-state index contributed by atoms with van der Waals surface area (Å²) in [6.07, 6.45) is 4.55. The number of rotatable bonds is 4. The molecule has 1 amide bonds. The number of pyridine rings is 1. The molecule has 2 aromatic heterocycles. The van der Waals surface area contributed by atoms with Gasteiger partial charge in [-0.25, -0.2) is 4.98 Å². The Morgan fingerprint density at radius 2 is 1.85 bits per heavy atom. The first kappa shape index (κ1) is 20.4. The average Bonchev–Trinajstić information content (AvgIpc) is 3.31. The number of aromatic nitrogens is 3. The van der Waals surface area contributed by atoms with Crippen molar-refractivity contribution in [3.63, 3.8) is 0 Å². The maximum absolute atomic E-state index is 13.8. The third kappa shape index (κ3) is 2.83. The highest BCUT2D eigenvalue weighted by molar-refractivity contribution is 5.96.